The summed E-state index contributed by atoms with van der Waals surface area (Å²) in [5.74, 6) is -0.751. The summed E-state index contributed by atoms with van der Waals surface area (Å²) in [6, 6.07) is 13.1. The second kappa shape index (κ2) is 11.2. The summed E-state index contributed by atoms with van der Waals surface area (Å²) >= 11 is 3.41. The summed E-state index contributed by atoms with van der Waals surface area (Å²) in [4.78, 5) is 52.0. The van der Waals surface area contributed by atoms with Crippen LogP contribution in [0.25, 0.3) is 6.08 Å². The molecule has 5 amide bonds. The lowest BCUT2D eigenvalue weighted by Gasteiger charge is -2.26. The number of nitrogens with one attached hydrogen (secondary N) is 2. The van der Waals surface area contributed by atoms with E-state index in [0.717, 1.165) is 4.90 Å². The van der Waals surface area contributed by atoms with E-state index in [-0.39, 0.29) is 18.2 Å². The molecule has 182 valence electrons. The van der Waals surface area contributed by atoms with E-state index in [9.17, 15) is 19.2 Å². The molecule has 0 unspecified atom stereocenters. The van der Waals surface area contributed by atoms with Crippen LogP contribution in [0.2, 0.25) is 0 Å². The van der Waals surface area contributed by atoms with Crippen molar-refractivity contribution in [3.8, 4) is 5.75 Å². The number of hydrogen-bond acceptors (Lipinski definition) is 6. The highest BCUT2D eigenvalue weighted by Crippen LogP contribution is 2.27. The van der Waals surface area contributed by atoms with Gasteiger partial charge in [-0.25, -0.2) is 9.69 Å². The number of morpholine rings is 1. The molecule has 0 spiro atoms. The van der Waals surface area contributed by atoms with Crippen molar-refractivity contribution in [2.24, 2.45) is 0 Å². The van der Waals surface area contributed by atoms with Gasteiger partial charge in [-0.1, -0.05) is 24.3 Å². The largest absolute Gasteiger partial charge is 0.483 e. The van der Waals surface area contributed by atoms with Crippen LogP contribution in [0.15, 0.2) is 58.7 Å². The Labute approximate surface area is 210 Å². The summed E-state index contributed by atoms with van der Waals surface area (Å²) < 4.78 is 11.5. The first-order valence-electron chi connectivity index (χ1n) is 10.9. The molecule has 0 radical (unpaired) electrons. The van der Waals surface area contributed by atoms with Gasteiger partial charge in [0.1, 0.15) is 18.0 Å². The highest BCUT2D eigenvalue weighted by molar-refractivity contribution is 9.10. The van der Waals surface area contributed by atoms with Crippen LogP contribution in [-0.2, 0) is 19.1 Å². The molecule has 2 saturated heterocycles. The van der Waals surface area contributed by atoms with E-state index in [2.05, 4.69) is 26.6 Å². The van der Waals surface area contributed by atoms with Gasteiger partial charge >= 0.3 is 6.03 Å². The van der Waals surface area contributed by atoms with Crippen molar-refractivity contribution >= 4 is 51.4 Å². The quantitative estimate of drug-likeness (QED) is 0.409. The maximum absolute atomic E-state index is 12.7. The maximum atomic E-state index is 12.7. The average molecular weight is 543 g/mol. The number of rotatable bonds is 7. The smallest absolute Gasteiger partial charge is 0.329 e. The van der Waals surface area contributed by atoms with Gasteiger partial charge in [0, 0.05) is 18.8 Å². The van der Waals surface area contributed by atoms with Gasteiger partial charge in [-0.2, -0.15) is 0 Å². The number of carbonyl (C=O) groups is 4. The van der Waals surface area contributed by atoms with Crippen molar-refractivity contribution in [2.75, 3.05) is 44.8 Å². The second-order valence-electron chi connectivity index (χ2n) is 7.77. The van der Waals surface area contributed by atoms with Crippen LogP contribution < -0.4 is 15.4 Å². The molecule has 0 aliphatic carbocycles. The van der Waals surface area contributed by atoms with Crippen LogP contribution in [0, 0.1) is 0 Å². The molecule has 0 saturated carbocycles. The summed E-state index contributed by atoms with van der Waals surface area (Å²) in [5.41, 5.74) is 1.23. The van der Waals surface area contributed by atoms with Crippen LogP contribution in [-0.4, -0.2) is 73.0 Å². The number of urea groups is 1. The predicted molar refractivity (Wildman–Crippen MR) is 130 cm³/mol. The van der Waals surface area contributed by atoms with Crippen LogP contribution in [0.4, 0.5) is 10.5 Å². The third-order valence-electron chi connectivity index (χ3n) is 5.30. The second-order valence-corrected chi connectivity index (χ2v) is 8.62. The Morgan fingerprint density at radius 1 is 1.11 bits per heavy atom. The van der Waals surface area contributed by atoms with Gasteiger partial charge < -0.3 is 25.0 Å². The SMILES string of the molecule is O=C(CN1C(=O)N/C(=C\c2ccc(OCC(=O)N3CCOCC3)c(Br)c2)C1=O)Nc1ccccc1. The molecule has 2 heterocycles. The number of amides is 5. The van der Waals surface area contributed by atoms with Gasteiger partial charge in [0.2, 0.25) is 5.91 Å². The fraction of sp³-hybridized carbons (Fsp3) is 0.250. The number of benzene rings is 2. The van der Waals surface area contributed by atoms with Gasteiger partial charge in [-0.3, -0.25) is 14.4 Å². The minimum Gasteiger partial charge on any atom is -0.483 e. The molecular weight excluding hydrogens is 520 g/mol. The van der Waals surface area contributed by atoms with Crippen molar-refractivity contribution < 1.29 is 28.7 Å². The van der Waals surface area contributed by atoms with Crippen molar-refractivity contribution in [3.63, 3.8) is 0 Å². The van der Waals surface area contributed by atoms with Gasteiger partial charge in [-0.15, -0.1) is 0 Å². The van der Waals surface area contributed by atoms with Crippen LogP contribution in [0.1, 0.15) is 5.56 Å². The van der Waals surface area contributed by atoms with Crippen molar-refractivity contribution in [3.05, 3.63) is 64.3 Å². The molecule has 10 nitrogen and oxygen atoms in total. The third kappa shape index (κ3) is 6.25. The first-order valence-corrected chi connectivity index (χ1v) is 11.7. The standard InChI is InChI=1S/C24H23BrN4O6/c25-18-12-16(6-7-20(18)35-15-22(31)28-8-10-34-11-9-28)13-19-23(32)29(24(33)27-19)14-21(30)26-17-4-2-1-3-5-17/h1-7,12-13H,8-11,14-15H2,(H,26,30)(H,27,33)/b19-13-. The maximum Gasteiger partial charge on any atom is 0.329 e. The minimum absolute atomic E-state index is 0.0468. The van der Waals surface area contributed by atoms with Gasteiger partial charge in [-0.05, 0) is 51.8 Å². The average Bonchev–Trinajstić information content (AvgIpc) is 3.11. The van der Waals surface area contributed by atoms with E-state index < -0.39 is 24.4 Å². The Hall–Kier alpha value is -3.70. The first kappa shape index (κ1) is 24.4. The summed E-state index contributed by atoms with van der Waals surface area (Å²) in [5, 5.41) is 5.14. The fourth-order valence-corrected chi connectivity index (χ4v) is 4.03. The molecule has 2 aromatic rings. The molecule has 0 atom stereocenters. The summed E-state index contributed by atoms with van der Waals surface area (Å²) in [7, 11) is 0. The number of halogens is 1. The summed E-state index contributed by atoms with van der Waals surface area (Å²) in [6.07, 6.45) is 1.50. The monoisotopic (exact) mass is 542 g/mol. The molecule has 2 aromatic carbocycles. The number of imide groups is 1. The molecule has 2 N–H and O–H groups in total. The zero-order chi connectivity index (χ0) is 24.8. The van der Waals surface area contributed by atoms with E-state index in [0.29, 0.717) is 47.8 Å². The molecule has 0 bridgehead atoms. The highest BCUT2D eigenvalue weighted by Gasteiger charge is 2.35. The van der Waals surface area contributed by atoms with E-state index in [1.807, 2.05) is 6.07 Å². The number of hydrogen-bond donors (Lipinski definition) is 2. The van der Waals surface area contributed by atoms with E-state index in [1.165, 1.54) is 6.08 Å². The Bertz CT molecular complexity index is 1160. The number of anilines is 1. The lowest BCUT2D eigenvalue weighted by atomic mass is 10.2. The Balaban J connectivity index is 1.35. The van der Waals surface area contributed by atoms with Crippen molar-refractivity contribution in [1.29, 1.82) is 0 Å². The molecule has 0 aromatic heterocycles. The van der Waals surface area contributed by atoms with Crippen LogP contribution >= 0.6 is 15.9 Å². The number of nitrogens with zero attached hydrogens (tertiary/aromatic N) is 2. The number of para-hydroxylation sites is 1. The number of carbonyl (C=O) groups excluding carboxylic acids is 4. The normalized spacial score (nSPS) is 16.9. The Morgan fingerprint density at radius 2 is 1.86 bits per heavy atom. The summed E-state index contributed by atoms with van der Waals surface area (Å²) in [6.45, 7) is 1.60. The number of ether oxygens (including phenoxy) is 2. The first-order chi connectivity index (χ1) is 16.9. The van der Waals surface area contributed by atoms with Gasteiger partial charge in [0.25, 0.3) is 11.8 Å². The lowest BCUT2D eigenvalue weighted by Crippen LogP contribution is -2.43. The third-order valence-corrected chi connectivity index (χ3v) is 5.92. The van der Waals surface area contributed by atoms with Crippen LogP contribution in [0.5, 0.6) is 5.75 Å². The zero-order valence-electron chi connectivity index (χ0n) is 18.7. The lowest BCUT2D eigenvalue weighted by molar-refractivity contribution is -0.137. The van der Waals surface area contributed by atoms with Crippen LogP contribution in [0.3, 0.4) is 0 Å². The minimum atomic E-state index is -0.676. The fourth-order valence-electron chi connectivity index (χ4n) is 3.51. The van der Waals surface area contributed by atoms with E-state index in [1.54, 1.807) is 47.4 Å². The van der Waals surface area contributed by atoms with Gasteiger partial charge in [0.05, 0.1) is 17.7 Å². The molecule has 4 rings (SSSR count). The van der Waals surface area contributed by atoms with Gasteiger partial charge in [0.15, 0.2) is 6.61 Å². The highest BCUT2D eigenvalue weighted by atomic mass is 79.9. The van der Waals surface area contributed by atoms with E-state index >= 15 is 0 Å². The molecule has 2 fully saturated rings. The topological polar surface area (TPSA) is 117 Å². The van der Waals surface area contributed by atoms with Crippen molar-refractivity contribution in [2.45, 2.75) is 0 Å². The molecule has 2 aliphatic heterocycles. The molecule has 11 heteroatoms. The zero-order valence-corrected chi connectivity index (χ0v) is 20.2. The van der Waals surface area contributed by atoms with Crippen molar-refractivity contribution in [1.82, 2.24) is 15.1 Å². The predicted octanol–water partition coefficient (Wildman–Crippen LogP) is 2.22. The Morgan fingerprint density at radius 3 is 2.57 bits per heavy atom. The van der Waals surface area contributed by atoms with E-state index in [4.69, 9.17) is 9.47 Å². The molecule has 2 aliphatic rings. The molecular formula is C24H23BrN4O6. The Kier molecular flexibility index (Phi) is 7.78. The molecule has 35 heavy (non-hydrogen) atoms.